The molecule has 1 aliphatic carbocycles. The number of hydrogen-bond donors (Lipinski definition) is 0. The van der Waals surface area contributed by atoms with Crippen LogP contribution in [0.2, 0.25) is 0 Å². The number of hydrogen-bond acceptors (Lipinski definition) is 2. The van der Waals surface area contributed by atoms with E-state index in [2.05, 4.69) is 207 Å². The fraction of sp³-hybridized carbons (Fsp3) is 0.111. The Bertz CT molecular complexity index is 3290. The van der Waals surface area contributed by atoms with Crippen LogP contribution in [-0.4, -0.2) is 4.57 Å². The Morgan fingerprint density at radius 1 is 0.456 bits per heavy atom. The summed E-state index contributed by atoms with van der Waals surface area (Å²) < 4.78 is 9.19. The van der Waals surface area contributed by atoms with Gasteiger partial charge in [-0.1, -0.05) is 137 Å². The van der Waals surface area contributed by atoms with Gasteiger partial charge >= 0.3 is 0 Å². The molecule has 8 aromatic carbocycles. The summed E-state index contributed by atoms with van der Waals surface area (Å²) in [4.78, 5) is 2.45. The first-order chi connectivity index (χ1) is 27.8. The van der Waals surface area contributed by atoms with E-state index >= 15 is 0 Å². The molecule has 0 amide bonds. The second-order valence-electron chi connectivity index (χ2n) is 17.0. The lowest BCUT2D eigenvalue weighted by Gasteiger charge is -2.36. The Labute approximate surface area is 332 Å². The molecule has 57 heavy (non-hydrogen) atoms. The molecule has 10 aromatic rings. The Morgan fingerprint density at radius 2 is 1.07 bits per heavy atom. The lowest BCUT2D eigenvalue weighted by atomic mass is 9.74. The number of benzene rings is 8. The summed E-state index contributed by atoms with van der Waals surface area (Å²) in [6, 6.07) is 62.5. The van der Waals surface area contributed by atoms with Gasteiger partial charge in [-0.05, 0) is 105 Å². The van der Waals surface area contributed by atoms with Gasteiger partial charge in [0.1, 0.15) is 11.2 Å². The zero-order chi connectivity index (χ0) is 38.2. The molecule has 3 heterocycles. The van der Waals surface area contributed by atoms with Crippen molar-refractivity contribution in [1.29, 1.82) is 0 Å². The molecule has 0 spiro atoms. The normalized spacial score (nSPS) is 14.6. The predicted molar refractivity (Wildman–Crippen MR) is 238 cm³/mol. The van der Waals surface area contributed by atoms with Gasteiger partial charge in [0.25, 0.3) is 0 Å². The second kappa shape index (κ2) is 11.4. The van der Waals surface area contributed by atoms with E-state index in [1.807, 2.05) is 0 Å². The molecule has 12 rings (SSSR count). The van der Waals surface area contributed by atoms with Crippen molar-refractivity contribution in [2.45, 2.75) is 38.5 Å². The van der Waals surface area contributed by atoms with E-state index in [0.717, 1.165) is 33.6 Å². The number of rotatable bonds is 4. The highest BCUT2D eigenvalue weighted by Gasteiger charge is 2.39. The maximum Gasteiger partial charge on any atom is 0.145 e. The molecule has 0 atom stereocenters. The Hall–Kier alpha value is -6.84. The van der Waals surface area contributed by atoms with Crippen LogP contribution in [0.3, 0.4) is 0 Å². The molecule has 0 unspecified atom stereocenters. The maximum atomic E-state index is 6.70. The van der Waals surface area contributed by atoms with Crippen LogP contribution in [0.25, 0.3) is 71.7 Å². The summed E-state index contributed by atoms with van der Waals surface area (Å²) in [5, 5.41) is 4.74. The topological polar surface area (TPSA) is 21.3 Å². The molecule has 0 saturated heterocycles. The SMILES string of the molecule is CC1(C)c2ccccc2-c2ccc(N(c3ccc(-c4ccccc4)cc3)c3ccc4c(c3)C(C)(C)c3cc5c6ccccc6oc5c5c6ccccc6n-4c35)cc21. The average molecular weight is 733 g/mol. The molecule has 1 aliphatic heterocycles. The summed E-state index contributed by atoms with van der Waals surface area (Å²) in [6.45, 7) is 9.52. The van der Waals surface area contributed by atoms with Crippen LogP contribution in [0.1, 0.15) is 49.9 Å². The Balaban J connectivity index is 1.10. The zero-order valence-corrected chi connectivity index (χ0v) is 32.5. The van der Waals surface area contributed by atoms with Crippen molar-refractivity contribution in [3.8, 4) is 27.9 Å². The highest BCUT2D eigenvalue weighted by Crippen LogP contribution is 2.54. The number of nitrogens with zero attached hydrogens (tertiary/aromatic N) is 2. The van der Waals surface area contributed by atoms with Crippen molar-refractivity contribution in [3.05, 3.63) is 192 Å². The van der Waals surface area contributed by atoms with Gasteiger partial charge in [-0.15, -0.1) is 0 Å². The van der Waals surface area contributed by atoms with Crippen molar-refractivity contribution >= 4 is 60.8 Å². The fourth-order valence-electron chi connectivity index (χ4n) is 10.3. The number of para-hydroxylation sites is 2. The summed E-state index contributed by atoms with van der Waals surface area (Å²) in [7, 11) is 0. The number of aromatic nitrogens is 1. The lowest BCUT2D eigenvalue weighted by molar-refractivity contribution is 0.630. The third kappa shape index (κ3) is 4.37. The van der Waals surface area contributed by atoms with Gasteiger partial charge in [0, 0.05) is 44.1 Å². The summed E-state index contributed by atoms with van der Waals surface area (Å²) in [5.41, 5.74) is 18.9. The van der Waals surface area contributed by atoms with Gasteiger partial charge in [0.2, 0.25) is 0 Å². The van der Waals surface area contributed by atoms with Crippen molar-refractivity contribution in [1.82, 2.24) is 4.57 Å². The van der Waals surface area contributed by atoms with Crippen LogP contribution in [0, 0.1) is 0 Å². The van der Waals surface area contributed by atoms with Gasteiger partial charge in [-0.25, -0.2) is 0 Å². The molecule has 2 aromatic heterocycles. The lowest BCUT2D eigenvalue weighted by Crippen LogP contribution is -2.27. The zero-order valence-electron chi connectivity index (χ0n) is 32.5. The first kappa shape index (κ1) is 32.4. The van der Waals surface area contributed by atoms with Crippen LogP contribution in [0.5, 0.6) is 0 Å². The third-order valence-corrected chi connectivity index (χ3v) is 13.2. The summed E-state index contributed by atoms with van der Waals surface area (Å²) in [6.07, 6.45) is 0. The first-order valence-electron chi connectivity index (χ1n) is 20.0. The van der Waals surface area contributed by atoms with Crippen LogP contribution in [-0.2, 0) is 10.8 Å². The molecule has 0 radical (unpaired) electrons. The third-order valence-electron chi connectivity index (χ3n) is 13.2. The molecular weight excluding hydrogens is 693 g/mol. The second-order valence-corrected chi connectivity index (χ2v) is 17.0. The molecular formula is C54H40N2O. The van der Waals surface area contributed by atoms with Gasteiger partial charge in [-0.3, -0.25) is 0 Å². The number of fused-ring (bicyclic) bond motifs is 12. The van der Waals surface area contributed by atoms with Crippen LogP contribution >= 0.6 is 0 Å². The minimum atomic E-state index is -0.315. The van der Waals surface area contributed by atoms with Crippen LogP contribution in [0.15, 0.2) is 174 Å². The van der Waals surface area contributed by atoms with Crippen LogP contribution in [0.4, 0.5) is 17.1 Å². The molecule has 0 bridgehead atoms. The summed E-state index contributed by atoms with van der Waals surface area (Å²) >= 11 is 0. The van der Waals surface area contributed by atoms with Crippen molar-refractivity contribution in [2.24, 2.45) is 0 Å². The number of anilines is 3. The minimum Gasteiger partial charge on any atom is -0.455 e. The summed E-state index contributed by atoms with van der Waals surface area (Å²) in [5.74, 6) is 0. The van der Waals surface area contributed by atoms with E-state index in [-0.39, 0.29) is 10.8 Å². The standard InChI is InChI=1S/C54H40N2O/c1-53(2)43-19-11-8-16-38(43)39-28-26-36(30-44(39)53)55(35-24-22-34(23-25-35)33-14-6-5-7-15-33)37-27-29-48-45(31-37)54(3,4)46-32-42-40-17-10-13-21-49(40)57-52(42)50-41-18-9-12-20-47(41)56(48)51(46)50/h5-32H,1-4H3. The van der Waals surface area contributed by atoms with Gasteiger partial charge in [-0.2, -0.15) is 0 Å². The maximum absolute atomic E-state index is 6.70. The smallest absolute Gasteiger partial charge is 0.145 e. The van der Waals surface area contributed by atoms with Crippen molar-refractivity contribution in [2.75, 3.05) is 4.90 Å². The molecule has 0 fully saturated rings. The highest BCUT2D eigenvalue weighted by atomic mass is 16.3. The fourth-order valence-corrected chi connectivity index (χ4v) is 10.3. The van der Waals surface area contributed by atoms with E-state index < -0.39 is 0 Å². The average Bonchev–Trinajstić information content (AvgIpc) is 3.87. The van der Waals surface area contributed by atoms with Gasteiger partial charge in [0.15, 0.2) is 0 Å². The Kier molecular flexibility index (Phi) is 6.46. The largest absolute Gasteiger partial charge is 0.455 e. The predicted octanol–water partition coefficient (Wildman–Crippen LogP) is 14.8. The molecule has 2 aliphatic rings. The van der Waals surface area contributed by atoms with Crippen LogP contribution < -0.4 is 4.90 Å². The van der Waals surface area contributed by atoms with E-state index in [1.54, 1.807) is 0 Å². The molecule has 3 nitrogen and oxygen atoms in total. The van der Waals surface area contributed by atoms with Gasteiger partial charge < -0.3 is 13.9 Å². The van der Waals surface area contributed by atoms with E-state index in [4.69, 9.17) is 4.42 Å². The Morgan fingerprint density at radius 3 is 1.89 bits per heavy atom. The van der Waals surface area contributed by atoms with Crippen molar-refractivity contribution < 1.29 is 4.42 Å². The van der Waals surface area contributed by atoms with Gasteiger partial charge in [0.05, 0.1) is 22.1 Å². The van der Waals surface area contributed by atoms with E-state index in [9.17, 15) is 0 Å². The molecule has 0 N–H and O–H groups in total. The highest BCUT2D eigenvalue weighted by molar-refractivity contribution is 6.25. The monoisotopic (exact) mass is 732 g/mol. The first-order valence-corrected chi connectivity index (χ1v) is 20.0. The molecule has 272 valence electrons. The van der Waals surface area contributed by atoms with E-state index in [0.29, 0.717) is 0 Å². The molecule has 0 saturated carbocycles. The quantitative estimate of drug-likeness (QED) is 0.180. The number of furan rings is 1. The molecule has 3 heteroatoms. The van der Waals surface area contributed by atoms with E-state index in [1.165, 1.54) is 77.4 Å². The minimum absolute atomic E-state index is 0.115. The van der Waals surface area contributed by atoms with Crippen molar-refractivity contribution in [3.63, 3.8) is 0 Å².